The second-order valence-electron chi connectivity index (χ2n) is 8.48. The van der Waals surface area contributed by atoms with Crippen LogP contribution in [0, 0.1) is 5.82 Å². The molecule has 1 N–H and O–H groups in total. The van der Waals surface area contributed by atoms with E-state index in [-0.39, 0.29) is 24.9 Å². The highest BCUT2D eigenvalue weighted by atomic mass is 19.1. The molecule has 0 radical (unpaired) electrons. The van der Waals surface area contributed by atoms with Gasteiger partial charge in [-0.25, -0.2) is 4.39 Å². The van der Waals surface area contributed by atoms with Gasteiger partial charge in [0.05, 0.1) is 14.2 Å². The molecule has 0 bridgehead atoms. The fourth-order valence-electron chi connectivity index (χ4n) is 3.80. The van der Waals surface area contributed by atoms with Crippen molar-refractivity contribution in [2.24, 2.45) is 0 Å². The molecule has 3 rings (SSSR count). The van der Waals surface area contributed by atoms with E-state index in [1.807, 2.05) is 37.3 Å². The van der Waals surface area contributed by atoms with Crippen LogP contribution in [0.2, 0.25) is 0 Å². The minimum atomic E-state index is -0.796. The van der Waals surface area contributed by atoms with E-state index in [4.69, 9.17) is 14.2 Å². The molecule has 1 unspecified atom stereocenters. The SMILES string of the molecule is CCCNC(=O)C(Cc1ccccc1)N(Cc1ccc(F)cc1)C(=O)COc1cc(OC)cc(OC)c1. The van der Waals surface area contributed by atoms with E-state index in [9.17, 15) is 14.0 Å². The summed E-state index contributed by atoms with van der Waals surface area (Å²) in [4.78, 5) is 28.4. The Hall–Kier alpha value is -4.07. The molecule has 0 aliphatic heterocycles. The number of hydrogen-bond acceptors (Lipinski definition) is 5. The van der Waals surface area contributed by atoms with Crippen LogP contribution in [0.4, 0.5) is 4.39 Å². The van der Waals surface area contributed by atoms with Gasteiger partial charge in [-0.15, -0.1) is 0 Å². The second-order valence-corrected chi connectivity index (χ2v) is 8.48. The number of nitrogens with one attached hydrogen (secondary N) is 1. The zero-order valence-electron chi connectivity index (χ0n) is 21.4. The lowest BCUT2D eigenvalue weighted by atomic mass is 10.0. The molecule has 196 valence electrons. The van der Waals surface area contributed by atoms with Gasteiger partial charge < -0.3 is 24.4 Å². The van der Waals surface area contributed by atoms with E-state index in [1.165, 1.54) is 31.3 Å². The van der Waals surface area contributed by atoms with Crippen molar-refractivity contribution < 1.29 is 28.2 Å². The van der Waals surface area contributed by atoms with E-state index in [0.717, 1.165) is 12.0 Å². The first-order chi connectivity index (χ1) is 17.9. The highest BCUT2D eigenvalue weighted by molar-refractivity contribution is 5.88. The number of amides is 2. The van der Waals surface area contributed by atoms with Gasteiger partial charge in [-0.05, 0) is 29.7 Å². The Labute approximate surface area is 217 Å². The normalized spacial score (nSPS) is 11.4. The van der Waals surface area contributed by atoms with Crippen molar-refractivity contribution in [1.82, 2.24) is 10.2 Å². The lowest BCUT2D eigenvalue weighted by molar-refractivity contribution is -0.142. The predicted molar refractivity (Wildman–Crippen MR) is 139 cm³/mol. The van der Waals surface area contributed by atoms with E-state index in [1.54, 1.807) is 30.3 Å². The summed E-state index contributed by atoms with van der Waals surface area (Å²) in [6.07, 6.45) is 1.08. The van der Waals surface area contributed by atoms with Crippen molar-refractivity contribution in [2.45, 2.75) is 32.4 Å². The monoisotopic (exact) mass is 508 g/mol. The van der Waals surface area contributed by atoms with Gasteiger partial charge >= 0.3 is 0 Å². The molecule has 0 spiro atoms. The quantitative estimate of drug-likeness (QED) is 0.371. The third kappa shape index (κ3) is 8.24. The van der Waals surface area contributed by atoms with Crippen LogP contribution in [-0.2, 0) is 22.6 Å². The Morgan fingerprint density at radius 3 is 2.11 bits per heavy atom. The van der Waals surface area contributed by atoms with Gasteiger partial charge in [0.1, 0.15) is 29.1 Å². The summed E-state index contributed by atoms with van der Waals surface area (Å²) < 4.78 is 29.9. The van der Waals surface area contributed by atoms with Gasteiger partial charge in [0.2, 0.25) is 5.91 Å². The Bertz CT molecular complexity index is 1130. The Morgan fingerprint density at radius 1 is 0.892 bits per heavy atom. The molecule has 8 heteroatoms. The van der Waals surface area contributed by atoms with Gasteiger partial charge in [-0.3, -0.25) is 9.59 Å². The number of benzene rings is 3. The van der Waals surface area contributed by atoms with E-state index in [0.29, 0.717) is 35.8 Å². The molecule has 0 aliphatic rings. The summed E-state index contributed by atoms with van der Waals surface area (Å²) in [5.41, 5.74) is 1.61. The number of rotatable bonds is 13. The third-order valence-electron chi connectivity index (χ3n) is 5.77. The van der Waals surface area contributed by atoms with Crippen LogP contribution in [0.15, 0.2) is 72.8 Å². The van der Waals surface area contributed by atoms with Gasteiger partial charge in [0.25, 0.3) is 5.91 Å². The molecule has 0 heterocycles. The van der Waals surface area contributed by atoms with E-state index in [2.05, 4.69) is 5.32 Å². The number of ether oxygens (including phenoxy) is 3. The lowest BCUT2D eigenvalue weighted by Gasteiger charge is -2.31. The first-order valence-corrected chi connectivity index (χ1v) is 12.1. The maximum absolute atomic E-state index is 13.6. The molecule has 0 fully saturated rings. The van der Waals surface area contributed by atoms with Gasteiger partial charge in [0.15, 0.2) is 6.61 Å². The molecular weight excluding hydrogens is 475 g/mol. The number of halogens is 1. The molecule has 7 nitrogen and oxygen atoms in total. The summed E-state index contributed by atoms with van der Waals surface area (Å²) in [6.45, 7) is 2.25. The highest BCUT2D eigenvalue weighted by Gasteiger charge is 2.30. The lowest BCUT2D eigenvalue weighted by Crippen LogP contribution is -2.51. The molecule has 3 aromatic rings. The van der Waals surface area contributed by atoms with Gasteiger partial charge in [-0.2, -0.15) is 0 Å². The van der Waals surface area contributed by atoms with Crippen molar-refractivity contribution in [1.29, 1.82) is 0 Å². The maximum Gasteiger partial charge on any atom is 0.261 e. The van der Waals surface area contributed by atoms with Crippen molar-refractivity contribution in [2.75, 3.05) is 27.4 Å². The number of methoxy groups -OCH3 is 2. The largest absolute Gasteiger partial charge is 0.496 e. The number of carbonyl (C=O) groups excluding carboxylic acids is 2. The van der Waals surface area contributed by atoms with Crippen LogP contribution in [-0.4, -0.2) is 50.1 Å². The van der Waals surface area contributed by atoms with Crippen molar-refractivity contribution in [3.8, 4) is 17.2 Å². The highest BCUT2D eigenvalue weighted by Crippen LogP contribution is 2.27. The van der Waals surface area contributed by atoms with Crippen molar-refractivity contribution in [3.05, 3.63) is 89.7 Å². The Kier molecular flexibility index (Phi) is 10.3. The summed E-state index contributed by atoms with van der Waals surface area (Å²) in [5.74, 6) is 0.402. The van der Waals surface area contributed by atoms with Crippen molar-refractivity contribution >= 4 is 11.8 Å². The standard InChI is InChI=1S/C29H33FN2O5/c1-4-14-31-29(34)27(15-21-8-6-5-7-9-21)32(19-22-10-12-23(30)13-11-22)28(33)20-37-26-17-24(35-2)16-25(18-26)36-3/h5-13,16-18,27H,4,14-15,19-20H2,1-3H3,(H,31,34). The van der Waals surface area contributed by atoms with Crippen LogP contribution in [0.3, 0.4) is 0 Å². The Morgan fingerprint density at radius 2 is 1.51 bits per heavy atom. The summed E-state index contributed by atoms with van der Waals surface area (Å²) in [7, 11) is 3.05. The molecule has 3 aromatic carbocycles. The van der Waals surface area contributed by atoms with Crippen molar-refractivity contribution in [3.63, 3.8) is 0 Å². The van der Waals surface area contributed by atoms with Crippen LogP contribution < -0.4 is 19.5 Å². The van der Waals surface area contributed by atoms with Crippen LogP contribution in [0.25, 0.3) is 0 Å². The zero-order chi connectivity index (χ0) is 26.6. The van der Waals surface area contributed by atoms with Crippen LogP contribution in [0.1, 0.15) is 24.5 Å². The number of hydrogen-bond donors (Lipinski definition) is 1. The molecule has 0 saturated carbocycles. The average molecular weight is 509 g/mol. The molecule has 37 heavy (non-hydrogen) atoms. The molecule has 2 amide bonds. The van der Waals surface area contributed by atoms with E-state index >= 15 is 0 Å². The maximum atomic E-state index is 13.6. The molecule has 0 saturated heterocycles. The van der Waals surface area contributed by atoms with Gasteiger partial charge in [0, 0.05) is 37.7 Å². The first-order valence-electron chi connectivity index (χ1n) is 12.1. The Balaban J connectivity index is 1.90. The predicted octanol–water partition coefficient (Wildman–Crippen LogP) is 4.39. The smallest absolute Gasteiger partial charge is 0.261 e. The summed E-state index contributed by atoms with van der Waals surface area (Å²) in [5, 5.41) is 2.92. The molecule has 0 aliphatic carbocycles. The third-order valence-corrected chi connectivity index (χ3v) is 5.77. The second kappa shape index (κ2) is 13.9. The van der Waals surface area contributed by atoms with E-state index < -0.39 is 11.9 Å². The van der Waals surface area contributed by atoms with Crippen LogP contribution >= 0.6 is 0 Å². The van der Waals surface area contributed by atoms with Gasteiger partial charge in [-0.1, -0.05) is 49.4 Å². The first kappa shape index (κ1) is 27.5. The molecule has 0 aromatic heterocycles. The van der Waals surface area contributed by atoms with Crippen LogP contribution in [0.5, 0.6) is 17.2 Å². The zero-order valence-corrected chi connectivity index (χ0v) is 21.4. The fourth-order valence-corrected chi connectivity index (χ4v) is 3.80. The number of nitrogens with zero attached hydrogens (tertiary/aromatic N) is 1. The minimum absolute atomic E-state index is 0.112. The summed E-state index contributed by atoms with van der Waals surface area (Å²) >= 11 is 0. The molecule has 1 atom stereocenters. The number of carbonyl (C=O) groups is 2. The topological polar surface area (TPSA) is 77.1 Å². The minimum Gasteiger partial charge on any atom is -0.496 e. The molecular formula is C29H33FN2O5. The average Bonchev–Trinajstić information content (AvgIpc) is 2.93. The fraction of sp³-hybridized carbons (Fsp3) is 0.310. The summed E-state index contributed by atoms with van der Waals surface area (Å²) in [6, 6.07) is 19.6.